The van der Waals surface area contributed by atoms with E-state index in [1.54, 1.807) is 12.1 Å². The maximum absolute atomic E-state index is 12.3. The van der Waals surface area contributed by atoms with E-state index >= 15 is 0 Å². The number of nitrogens with two attached hydrogens (primary N) is 1. The highest BCUT2D eigenvalue weighted by Crippen LogP contribution is 2.32. The number of halogens is 2. The smallest absolute Gasteiger partial charge is 0.387 e. The van der Waals surface area contributed by atoms with Gasteiger partial charge in [0.15, 0.2) is 5.82 Å². The van der Waals surface area contributed by atoms with Crippen LogP contribution < -0.4 is 10.6 Å². The summed E-state index contributed by atoms with van der Waals surface area (Å²) in [5.41, 5.74) is 5.32. The van der Waals surface area contributed by atoms with Gasteiger partial charge in [0.1, 0.15) is 5.75 Å². The lowest BCUT2D eigenvalue weighted by Gasteiger charge is -2.06. The fourth-order valence-corrected chi connectivity index (χ4v) is 4.73. The normalized spacial score (nSPS) is 13.0. The minimum absolute atomic E-state index is 0.0734. The lowest BCUT2D eigenvalue weighted by Crippen LogP contribution is -2.11. The Kier molecular flexibility index (Phi) is 5.52. The molecule has 0 unspecified atom stereocenters. The van der Waals surface area contributed by atoms with Crippen molar-refractivity contribution in [3.8, 4) is 22.8 Å². The fourth-order valence-electron chi connectivity index (χ4n) is 3.90. The summed E-state index contributed by atoms with van der Waals surface area (Å²) in [5, 5.41) is 13.8. The standard InChI is InChI=1S/C22H20F2N6OS/c23-21(24)31-16-11-9-14(10-12-16)20-26-27-22(29(20)25)32-13-18-17-7-4-8-19(17)30(28-18)15-5-2-1-3-6-15/h1-3,5-6,9-12,21H,4,7-8,13,25H2. The number of rotatable bonds is 7. The van der Waals surface area contributed by atoms with Gasteiger partial charge in [-0.2, -0.15) is 13.9 Å². The molecule has 0 fully saturated rings. The summed E-state index contributed by atoms with van der Waals surface area (Å²) in [6.45, 7) is -2.87. The van der Waals surface area contributed by atoms with Crippen molar-refractivity contribution in [3.63, 3.8) is 0 Å². The van der Waals surface area contributed by atoms with Crippen LogP contribution in [0.5, 0.6) is 5.75 Å². The molecular formula is C22H20F2N6OS. The SMILES string of the molecule is Nn1c(SCc2nn(-c3ccccc3)c3c2CCC3)nnc1-c1ccc(OC(F)F)cc1. The number of nitrogens with zero attached hydrogens (tertiary/aromatic N) is 5. The molecule has 0 atom stereocenters. The second-order valence-corrected chi connectivity index (χ2v) is 8.28. The van der Waals surface area contributed by atoms with E-state index in [0.717, 1.165) is 30.6 Å². The van der Waals surface area contributed by atoms with Gasteiger partial charge in [0.25, 0.3) is 0 Å². The molecule has 10 heteroatoms. The van der Waals surface area contributed by atoms with Crippen molar-refractivity contribution in [1.82, 2.24) is 24.7 Å². The lowest BCUT2D eigenvalue weighted by atomic mass is 10.2. The van der Waals surface area contributed by atoms with Gasteiger partial charge in [-0.25, -0.2) is 9.36 Å². The van der Waals surface area contributed by atoms with Crippen LogP contribution in [0.2, 0.25) is 0 Å². The Morgan fingerprint density at radius 1 is 1.03 bits per heavy atom. The van der Waals surface area contributed by atoms with Crippen LogP contribution in [0.4, 0.5) is 8.78 Å². The van der Waals surface area contributed by atoms with Crippen molar-refractivity contribution in [1.29, 1.82) is 0 Å². The molecule has 0 amide bonds. The molecule has 0 saturated carbocycles. The van der Waals surface area contributed by atoms with Crippen LogP contribution in [-0.2, 0) is 18.6 Å². The summed E-state index contributed by atoms with van der Waals surface area (Å²) in [4.78, 5) is 0. The van der Waals surface area contributed by atoms with Crippen molar-refractivity contribution in [2.45, 2.75) is 36.8 Å². The van der Waals surface area contributed by atoms with Gasteiger partial charge in [-0.15, -0.1) is 10.2 Å². The summed E-state index contributed by atoms with van der Waals surface area (Å²) in [6, 6.07) is 16.3. The first-order chi connectivity index (χ1) is 15.6. The quantitative estimate of drug-likeness (QED) is 0.332. The van der Waals surface area contributed by atoms with E-state index in [9.17, 15) is 8.78 Å². The number of thioether (sulfide) groups is 1. The zero-order valence-corrected chi connectivity index (χ0v) is 17.8. The van der Waals surface area contributed by atoms with E-state index in [0.29, 0.717) is 22.3 Å². The molecule has 5 rings (SSSR count). The maximum Gasteiger partial charge on any atom is 0.387 e. The Hall–Kier alpha value is -3.40. The summed E-state index contributed by atoms with van der Waals surface area (Å²) in [5.74, 6) is 7.36. The molecule has 32 heavy (non-hydrogen) atoms. The van der Waals surface area contributed by atoms with E-state index < -0.39 is 6.61 Å². The summed E-state index contributed by atoms with van der Waals surface area (Å²) in [7, 11) is 0. The van der Waals surface area contributed by atoms with E-state index in [4.69, 9.17) is 10.9 Å². The molecule has 164 valence electrons. The Labute approximate surface area is 187 Å². The first-order valence-electron chi connectivity index (χ1n) is 10.1. The zero-order valence-electron chi connectivity index (χ0n) is 17.0. The monoisotopic (exact) mass is 454 g/mol. The number of fused-ring (bicyclic) bond motifs is 1. The third-order valence-corrected chi connectivity index (χ3v) is 6.31. The molecule has 0 saturated heterocycles. The molecule has 7 nitrogen and oxygen atoms in total. The molecule has 2 N–H and O–H groups in total. The molecule has 4 aromatic rings. The first-order valence-corrected chi connectivity index (χ1v) is 11.1. The van der Waals surface area contributed by atoms with Crippen LogP contribution >= 0.6 is 11.8 Å². The van der Waals surface area contributed by atoms with Crippen molar-refractivity contribution in [3.05, 3.63) is 71.5 Å². The Morgan fingerprint density at radius 3 is 2.56 bits per heavy atom. The summed E-state index contributed by atoms with van der Waals surface area (Å²) in [6.07, 6.45) is 3.16. The number of aromatic nitrogens is 5. The third-order valence-electron chi connectivity index (χ3n) is 5.35. The van der Waals surface area contributed by atoms with Crippen LogP contribution in [0.1, 0.15) is 23.4 Å². The molecule has 2 aromatic heterocycles. The van der Waals surface area contributed by atoms with Crippen LogP contribution in [0.3, 0.4) is 0 Å². The molecule has 0 radical (unpaired) electrons. The van der Waals surface area contributed by atoms with Gasteiger partial charge in [0, 0.05) is 17.0 Å². The second kappa shape index (κ2) is 8.62. The lowest BCUT2D eigenvalue weighted by molar-refractivity contribution is -0.0498. The Morgan fingerprint density at radius 2 is 1.81 bits per heavy atom. The van der Waals surface area contributed by atoms with Crippen LogP contribution in [0, 0.1) is 0 Å². The van der Waals surface area contributed by atoms with Gasteiger partial charge in [-0.05, 0) is 61.2 Å². The Bertz CT molecular complexity index is 1220. The van der Waals surface area contributed by atoms with Crippen molar-refractivity contribution in [2.24, 2.45) is 0 Å². The highest BCUT2D eigenvalue weighted by molar-refractivity contribution is 7.98. The first kappa shape index (κ1) is 20.5. The minimum Gasteiger partial charge on any atom is -0.435 e. The molecule has 1 aliphatic rings. The summed E-state index contributed by atoms with van der Waals surface area (Å²) >= 11 is 1.47. The van der Waals surface area contributed by atoms with E-state index in [1.165, 1.54) is 39.8 Å². The van der Waals surface area contributed by atoms with E-state index in [2.05, 4.69) is 27.1 Å². The highest BCUT2D eigenvalue weighted by atomic mass is 32.2. The Balaban J connectivity index is 1.34. The number of hydrogen-bond acceptors (Lipinski definition) is 6. The molecule has 0 spiro atoms. The fraction of sp³-hybridized carbons (Fsp3) is 0.227. The van der Waals surface area contributed by atoms with Gasteiger partial charge < -0.3 is 10.6 Å². The number of hydrogen-bond donors (Lipinski definition) is 1. The number of para-hydroxylation sites is 1. The van der Waals surface area contributed by atoms with Crippen molar-refractivity contribution in [2.75, 3.05) is 5.84 Å². The van der Waals surface area contributed by atoms with Gasteiger partial charge >= 0.3 is 6.61 Å². The van der Waals surface area contributed by atoms with Crippen LogP contribution in [0.15, 0.2) is 59.8 Å². The molecule has 2 aromatic carbocycles. The van der Waals surface area contributed by atoms with E-state index in [-0.39, 0.29) is 5.75 Å². The zero-order chi connectivity index (χ0) is 22.1. The van der Waals surface area contributed by atoms with Crippen molar-refractivity contribution < 1.29 is 13.5 Å². The van der Waals surface area contributed by atoms with Gasteiger partial charge in [-0.1, -0.05) is 30.0 Å². The minimum atomic E-state index is -2.87. The largest absolute Gasteiger partial charge is 0.435 e. The van der Waals surface area contributed by atoms with Crippen LogP contribution in [-0.4, -0.2) is 31.3 Å². The number of alkyl halides is 2. The van der Waals surface area contributed by atoms with Crippen molar-refractivity contribution >= 4 is 11.8 Å². The average molecular weight is 455 g/mol. The third kappa shape index (κ3) is 3.93. The molecule has 2 heterocycles. The summed E-state index contributed by atoms with van der Waals surface area (Å²) < 4.78 is 32.5. The maximum atomic E-state index is 12.3. The molecular weight excluding hydrogens is 434 g/mol. The molecule has 0 aliphatic heterocycles. The van der Waals surface area contributed by atoms with Gasteiger partial charge in [0.2, 0.25) is 5.16 Å². The molecule has 0 bridgehead atoms. The van der Waals surface area contributed by atoms with Crippen LogP contribution in [0.25, 0.3) is 17.1 Å². The highest BCUT2D eigenvalue weighted by Gasteiger charge is 2.24. The topological polar surface area (TPSA) is 83.8 Å². The van der Waals surface area contributed by atoms with Gasteiger partial charge in [-0.3, -0.25) is 0 Å². The van der Waals surface area contributed by atoms with E-state index in [1.807, 2.05) is 22.9 Å². The van der Waals surface area contributed by atoms with Gasteiger partial charge in [0.05, 0.1) is 11.4 Å². The molecule has 1 aliphatic carbocycles. The average Bonchev–Trinajstić information content (AvgIpc) is 3.49. The number of ether oxygens (including phenoxy) is 1. The predicted molar refractivity (Wildman–Crippen MR) is 117 cm³/mol. The second-order valence-electron chi connectivity index (χ2n) is 7.34. The number of nitrogen functional groups attached to an aromatic ring is 1. The number of benzene rings is 2. The predicted octanol–water partition coefficient (Wildman–Crippen LogP) is 4.23.